The summed E-state index contributed by atoms with van der Waals surface area (Å²) in [4.78, 5) is 0.454. The van der Waals surface area contributed by atoms with Gasteiger partial charge < -0.3 is 5.32 Å². The first-order valence-corrected chi connectivity index (χ1v) is 7.53. The quantitative estimate of drug-likeness (QED) is 0.880. The first-order chi connectivity index (χ1) is 7.78. The van der Waals surface area contributed by atoms with Crippen molar-refractivity contribution in [2.24, 2.45) is 5.41 Å². The van der Waals surface area contributed by atoms with Gasteiger partial charge in [0.25, 0.3) is 0 Å². The lowest BCUT2D eigenvalue weighted by Crippen LogP contribution is -2.20. The molecule has 0 saturated carbocycles. The number of fused-ring (bicyclic) bond motifs is 1. The van der Waals surface area contributed by atoms with E-state index in [1.807, 2.05) is 32.9 Å². The fraction of sp³-hybridized carbons (Fsp3) is 0.538. The van der Waals surface area contributed by atoms with Crippen molar-refractivity contribution in [1.82, 2.24) is 0 Å². The molecule has 0 spiro atoms. The van der Waals surface area contributed by atoms with E-state index in [9.17, 15) is 8.42 Å². The highest BCUT2D eigenvalue weighted by atomic mass is 32.2. The van der Waals surface area contributed by atoms with Gasteiger partial charge in [0.2, 0.25) is 0 Å². The zero-order chi connectivity index (χ0) is 12.7. The minimum Gasteiger partial charge on any atom is -0.384 e. The molecule has 4 heteroatoms. The Bertz CT molecular complexity index is 527. The Kier molecular flexibility index (Phi) is 2.94. The van der Waals surface area contributed by atoms with Gasteiger partial charge in [0.15, 0.2) is 9.84 Å². The summed E-state index contributed by atoms with van der Waals surface area (Å²) in [5.41, 5.74) is 1.97. The maximum absolute atomic E-state index is 12.2. The van der Waals surface area contributed by atoms with Gasteiger partial charge in [-0.3, -0.25) is 0 Å². The number of hydrogen-bond acceptors (Lipinski definition) is 3. The van der Waals surface area contributed by atoms with Gasteiger partial charge in [0, 0.05) is 12.2 Å². The second kappa shape index (κ2) is 4.02. The van der Waals surface area contributed by atoms with Crippen molar-refractivity contribution >= 4 is 15.5 Å². The number of hydrogen-bond donors (Lipinski definition) is 1. The molecule has 17 heavy (non-hydrogen) atoms. The normalized spacial score (nSPS) is 15.5. The summed E-state index contributed by atoms with van der Waals surface area (Å²) in [5, 5.41) is 3.23. The third kappa shape index (κ3) is 2.80. The summed E-state index contributed by atoms with van der Waals surface area (Å²) in [6, 6.07) is 5.40. The monoisotopic (exact) mass is 253 g/mol. The molecule has 1 aliphatic rings. The standard InChI is InChI=1S/C13H19NO2S/c1-13(2,3)9-17(15,16)11-4-5-12-10(8-11)6-7-14-12/h4-5,8,14H,6-7,9H2,1-3H3. The second-order valence-electron chi connectivity index (χ2n) is 5.82. The summed E-state index contributed by atoms with van der Waals surface area (Å²) in [6.45, 7) is 6.73. The van der Waals surface area contributed by atoms with Crippen molar-refractivity contribution in [2.75, 3.05) is 17.6 Å². The molecule has 1 heterocycles. The van der Waals surface area contributed by atoms with E-state index in [0.717, 1.165) is 24.2 Å². The van der Waals surface area contributed by atoms with Crippen LogP contribution in [0.25, 0.3) is 0 Å². The molecule has 0 aliphatic carbocycles. The molecule has 0 fully saturated rings. The molecular formula is C13H19NO2S. The van der Waals surface area contributed by atoms with Crippen LogP contribution in [0.4, 0.5) is 5.69 Å². The Morgan fingerprint density at radius 3 is 2.65 bits per heavy atom. The van der Waals surface area contributed by atoms with Crippen LogP contribution in [-0.4, -0.2) is 20.7 Å². The molecular weight excluding hydrogens is 234 g/mol. The minimum atomic E-state index is -3.17. The zero-order valence-electron chi connectivity index (χ0n) is 10.6. The first kappa shape index (κ1) is 12.4. The number of sulfone groups is 1. The third-order valence-corrected chi connectivity index (χ3v) is 4.99. The van der Waals surface area contributed by atoms with E-state index < -0.39 is 9.84 Å². The Morgan fingerprint density at radius 1 is 1.29 bits per heavy atom. The highest BCUT2D eigenvalue weighted by Gasteiger charge is 2.24. The molecule has 94 valence electrons. The van der Waals surface area contributed by atoms with Gasteiger partial charge in [0.1, 0.15) is 0 Å². The van der Waals surface area contributed by atoms with Crippen LogP contribution in [0.5, 0.6) is 0 Å². The molecule has 0 atom stereocenters. The molecule has 1 N–H and O–H groups in total. The van der Waals surface area contributed by atoms with Crippen molar-refractivity contribution in [3.8, 4) is 0 Å². The highest BCUT2D eigenvalue weighted by molar-refractivity contribution is 7.91. The van der Waals surface area contributed by atoms with Crippen molar-refractivity contribution in [1.29, 1.82) is 0 Å². The molecule has 3 nitrogen and oxygen atoms in total. The largest absolute Gasteiger partial charge is 0.384 e. The lowest BCUT2D eigenvalue weighted by molar-refractivity contribution is 0.461. The van der Waals surface area contributed by atoms with Crippen LogP contribution in [0.15, 0.2) is 23.1 Å². The highest BCUT2D eigenvalue weighted by Crippen LogP contribution is 2.28. The fourth-order valence-corrected chi connectivity index (χ4v) is 4.03. The van der Waals surface area contributed by atoms with E-state index in [2.05, 4.69) is 5.32 Å². The molecule has 1 aromatic carbocycles. The SMILES string of the molecule is CC(C)(C)CS(=O)(=O)c1ccc2c(c1)CCN2. The maximum atomic E-state index is 12.2. The lowest BCUT2D eigenvalue weighted by atomic mass is 10.0. The third-order valence-electron chi connectivity index (χ3n) is 2.77. The average molecular weight is 253 g/mol. The Hall–Kier alpha value is -1.03. The van der Waals surface area contributed by atoms with E-state index in [1.54, 1.807) is 6.07 Å². The Labute approximate surface area is 103 Å². The van der Waals surface area contributed by atoms with Crippen molar-refractivity contribution in [3.63, 3.8) is 0 Å². The van der Waals surface area contributed by atoms with Crippen LogP contribution in [0.3, 0.4) is 0 Å². The smallest absolute Gasteiger partial charge is 0.178 e. The minimum absolute atomic E-state index is 0.187. The molecule has 0 saturated heterocycles. The van der Waals surface area contributed by atoms with Gasteiger partial charge in [-0.15, -0.1) is 0 Å². The van der Waals surface area contributed by atoms with E-state index in [4.69, 9.17) is 0 Å². The van der Waals surface area contributed by atoms with Crippen LogP contribution in [0.1, 0.15) is 26.3 Å². The van der Waals surface area contributed by atoms with Crippen molar-refractivity contribution in [3.05, 3.63) is 23.8 Å². The predicted octanol–water partition coefficient (Wildman–Crippen LogP) is 2.47. The number of rotatable bonds is 2. The van der Waals surface area contributed by atoms with Gasteiger partial charge in [-0.25, -0.2) is 8.42 Å². The summed E-state index contributed by atoms with van der Waals surface area (Å²) in [6.07, 6.45) is 0.911. The van der Waals surface area contributed by atoms with Crippen LogP contribution >= 0.6 is 0 Å². The maximum Gasteiger partial charge on any atom is 0.178 e. The van der Waals surface area contributed by atoms with E-state index >= 15 is 0 Å². The van der Waals surface area contributed by atoms with E-state index in [-0.39, 0.29) is 11.2 Å². The molecule has 1 aromatic rings. The first-order valence-electron chi connectivity index (χ1n) is 5.87. The van der Waals surface area contributed by atoms with Crippen LogP contribution in [0.2, 0.25) is 0 Å². The fourth-order valence-electron chi connectivity index (χ4n) is 2.13. The molecule has 0 bridgehead atoms. The van der Waals surface area contributed by atoms with E-state index in [1.165, 1.54) is 0 Å². The molecule has 0 radical (unpaired) electrons. The Morgan fingerprint density at radius 2 is 2.00 bits per heavy atom. The number of anilines is 1. The van der Waals surface area contributed by atoms with Gasteiger partial charge >= 0.3 is 0 Å². The van der Waals surface area contributed by atoms with Gasteiger partial charge in [-0.05, 0) is 35.6 Å². The van der Waals surface area contributed by atoms with Crippen LogP contribution in [0, 0.1) is 5.41 Å². The van der Waals surface area contributed by atoms with Gasteiger partial charge in [-0.2, -0.15) is 0 Å². The van der Waals surface area contributed by atoms with Gasteiger partial charge in [-0.1, -0.05) is 20.8 Å². The topological polar surface area (TPSA) is 46.2 Å². The summed E-state index contributed by atoms with van der Waals surface area (Å²) >= 11 is 0. The molecule has 0 aromatic heterocycles. The van der Waals surface area contributed by atoms with Crippen LogP contribution in [-0.2, 0) is 16.3 Å². The lowest BCUT2D eigenvalue weighted by Gasteiger charge is -2.18. The van der Waals surface area contributed by atoms with Crippen molar-refractivity contribution < 1.29 is 8.42 Å². The molecule has 2 rings (SSSR count). The Balaban J connectivity index is 2.34. The van der Waals surface area contributed by atoms with Crippen LogP contribution < -0.4 is 5.32 Å². The molecule has 0 amide bonds. The number of benzene rings is 1. The summed E-state index contributed by atoms with van der Waals surface area (Å²) in [7, 11) is -3.17. The van der Waals surface area contributed by atoms with Crippen molar-refractivity contribution in [2.45, 2.75) is 32.1 Å². The molecule has 0 unspecified atom stereocenters. The van der Waals surface area contributed by atoms with Gasteiger partial charge in [0.05, 0.1) is 10.6 Å². The number of nitrogens with one attached hydrogen (secondary N) is 1. The summed E-state index contributed by atoms with van der Waals surface area (Å²) in [5.74, 6) is 0.187. The molecule has 1 aliphatic heterocycles. The summed E-state index contributed by atoms with van der Waals surface area (Å²) < 4.78 is 24.5. The average Bonchev–Trinajstić information content (AvgIpc) is 2.59. The predicted molar refractivity (Wildman–Crippen MR) is 70.1 cm³/mol. The van der Waals surface area contributed by atoms with E-state index in [0.29, 0.717) is 4.90 Å². The zero-order valence-corrected chi connectivity index (χ0v) is 11.4. The second-order valence-corrected chi connectivity index (χ2v) is 7.81.